The van der Waals surface area contributed by atoms with E-state index in [-0.39, 0.29) is 91.7 Å². The van der Waals surface area contributed by atoms with Crippen LogP contribution in [0.4, 0.5) is 16.2 Å². The van der Waals surface area contributed by atoms with Gasteiger partial charge in [-0.15, -0.1) is 0 Å². The summed E-state index contributed by atoms with van der Waals surface area (Å²) in [6.07, 6.45) is -0.0374. The van der Waals surface area contributed by atoms with Crippen molar-refractivity contribution in [2.75, 3.05) is 23.4 Å². The number of carbonyl (C=O) groups excluding carboxylic acids is 6. The summed E-state index contributed by atoms with van der Waals surface area (Å²) in [6, 6.07) is 27.3. The number of nitrogens with one attached hydrogen (secondary N) is 3. The van der Waals surface area contributed by atoms with Gasteiger partial charge in [0.2, 0.25) is 24.0 Å². The van der Waals surface area contributed by atoms with Gasteiger partial charge in [0.25, 0.3) is 0 Å². The molecule has 4 aromatic carbocycles. The van der Waals surface area contributed by atoms with Crippen molar-refractivity contribution in [1.82, 2.24) is 10.6 Å². The molecule has 4 aromatic rings. The maximum absolute atomic E-state index is 14.2. The van der Waals surface area contributed by atoms with Gasteiger partial charge in [0.05, 0.1) is 30.1 Å². The van der Waals surface area contributed by atoms with Crippen molar-refractivity contribution in [3.05, 3.63) is 148 Å². The number of allylic oxidation sites excluding steroid dienone is 4. The number of nitrogens with zero attached hydrogens (tertiary/aromatic N) is 1. The summed E-state index contributed by atoms with van der Waals surface area (Å²) in [5.41, 5.74) is 2.97. The van der Waals surface area contributed by atoms with Gasteiger partial charge in [-0.1, -0.05) is 98.0 Å². The van der Waals surface area contributed by atoms with Crippen LogP contribution < -0.4 is 25.6 Å². The molecule has 22 heteroatoms. The van der Waals surface area contributed by atoms with Crippen molar-refractivity contribution in [3.63, 3.8) is 0 Å². The predicted octanol–water partition coefficient (Wildman–Crippen LogP) is 6.29. The number of benzene rings is 4. The van der Waals surface area contributed by atoms with E-state index in [2.05, 4.69) is 46.8 Å². The molecule has 3 aliphatic heterocycles. The van der Waals surface area contributed by atoms with E-state index in [9.17, 15) is 64.2 Å². The van der Waals surface area contributed by atoms with E-state index in [1.54, 1.807) is 17.1 Å². The Bertz CT molecular complexity index is 3830. The molecule has 9 N–H and O–H groups in total. The topological polar surface area (TPSA) is 326 Å². The van der Waals surface area contributed by atoms with Crippen molar-refractivity contribution in [2.24, 2.45) is 34.0 Å². The fraction of sp³-hybridized carbons (Fsp3) is 0.493. The highest BCUT2D eigenvalue weighted by Gasteiger charge is 2.76. The molecular formula is C73H80N4O18. The third-order valence-corrected chi connectivity index (χ3v) is 22.6. The number of hydrogen-bond donors (Lipinski definition) is 9. The third-order valence-electron chi connectivity index (χ3n) is 22.6. The molecule has 10 aliphatic rings. The summed E-state index contributed by atoms with van der Waals surface area (Å²) in [5.74, 6) is 2.57. The van der Waals surface area contributed by atoms with Crippen molar-refractivity contribution in [2.45, 2.75) is 177 Å². The number of para-hydroxylation sites is 1. The molecule has 2 bridgehead atoms. The van der Waals surface area contributed by atoms with Gasteiger partial charge in [0.15, 0.2) is 29.6 Å². The molecule has 500 valence electrons. The van der Waals surface area contributed by atoms with Crippen molar-refractivity contribution in [1.29, 1.82) is 0 Å². The molecular weight excluding hydrogens is 1220 g/mol. The van der Waals surface area contributed by atoms with Crippen LogP contribution in [0.25, 0.3) is 0 Å². The quantitative estimate of drug-likeness (QED) is 0.0494. The molecule has 95 heavy (non-hydrogen) atoms. The number of anilines is 2. The Hall–Kier alpha value is -8.11. The first-order valence-corrected chi connectivity index (χ1v) is 33.0. The van der Waals surface area contributed by atoms with Crippen molar-refractivity contribution in [3.8, 4) is 17.6 Å². The molecule has 0 radical (unpaired) electrons. The van der Waals surface area contributed by atoms with E-state index in [4.69, 9.17) is 23.7 Å². The maximum Gasteiger partial charge on any atom is 0.407 e. The van der Waals surface area contributed by atoms with Crippen molar-refractivity contribution < 1.29 is 87.9 Å². The van der Waals surface area contributed by atoms with Crippen LogP contribution in [0, 0.1) is 45.8 Å². The van der Waals surface area contributed by atoms with Gasteiger partial charge in [0, 0.05) is 64.8 Å². The lowest BCUT2D eigenvalue weighted by Crippen LogP contribution is -2.63. The molecule has 14 rings (SSSR count). The number of alkyl carbamates (subject to hydrolysis) is 1. The van der Waals surface area contributed by atoms with Crippen LogP contribution in [-0.2, 0) is 67.3 Å². The van der Waals surface area contributed by atoms with Gasteiger partial charge < -0.3 is 75.2 Å². The van der Waals surface area contributed by atoms with Crippen LogP contribution in [0.1, 0.15) is 137 Å². The first-order chi connectivity index (χ1) is 45.5. The molecule has 3 heterocycles. The highest BCUT2D eigenvalue weighted by atomic mass is 16.7. The Morgan fingerprint density at radius 1 is 0.789 bits per heavy atom. The molecule has 0 spiro atoms. The Morgan fingerprint density at radius 2 is 1.51 bits per heavy atom. The number of carboxylic acids is 1. The number of aliphatic carboxylic acids is 1. The van der Waals surface area contributed by atoms with E-state index in [0.717, 1.165) is 85.6 Å². The Balaban J connectivity index is 0.607. The van der Waals surface area contributed by atoms with E-state index in [1.165, 1.54) is 18.2 Å². The summed E-state index contributed by atoms with van der Waals surface area (Å²) < 4.78 is 30.6. The SMILES string of the molecule is C[C@]12C=CC(=O)C=C1CC[C@@H]1[C@@H]2[C@@H](O)C[C@@]2(C)[C@H]1C[C@H]1O[C@@H](c3ccc(CC45CCC(NC(=O)OCc6ccc(O[C@@H]7O[C@H](C(=O)O)[C@@H](O)[C@H](O)[C@H]7O)c(NC(=O)CCNC(=O)CCC(=O)N7Cc8ccccc8C#Cc8ccccc87)c6)(CC4)CC5)cc3)O[C@]12C(=O)CO. The molecule has 2 saturated heterocycles. The lowest BCUT2D eigenvalue weighted by molar-refractivity contribution is -0.271. The Kier molecular flexibility index (Phi) is 17.8. The zero-order valence-corrected chi connectivity index (χ0v) is 53.0. The molecule has 0 aromatic heterocycles. The fourth-order valence-electron chi connectivity index (χ4n) is 17.5. The molecule has 0 unspecified atom stereocenters. The average molecular weight is 1300 g/mol. The normalized spacial score (nSPS) is 33.8. The summed E-state index contributed by atoms with van der Waals surface area (Å²) in [6.45, 7) is 3.27. The summed E-state index contributed by atoms with van der Waals surface area (Å²) in [5, 5.41) is 72.4. The maximum atomic E-state index is 14.2. The number of Topliss-reactive ketones (excluding diaryl/α,β-unsaturated/α-hetero) is 1. The smallest absolute Gasteiger partial charge is 0.407 e. The molecule has 22 nitrogen and oxygen atoms in total. The van der Waals surface area contributed by atoms with E-state index < -0.39 is 107 Å². The number of aliphatic hydroxyl groups is 5. The minimum atomic E-state index is -1.99. The van der Waals surface area contributed by atoms with Gasteiger partial charge in [-0.2, -0.15) is 0 Å². The molecule has 7 aliphatic carbocycles. The van der Waals surface area contributed by atoms with E-state index in [0.29, 0.717) is 23.2 Å². The number of rotatable bonds is 18. The fourth-order valence-corrected chi connectivity index (χ4v) is 17.5. The minimum absolute atomic E-state index is 0.00431. The Morgan fingerprint density at radius 3 is 2.25 bits per heavy atom. The second kappa shape index (κ2) is 25.8. The molecule has 6 saturated carbocycles. The number of fused-ring (bicyclic) bond motifs is 12. The second-order valence-corrected chi connectivity index (χ2v) is 28.0. The number of carboxylic acid groups (broad SMARTS) is 1. The van der Waals surface area contributed by atoms with Gasteiger partial charge >= 0.3 is 12.1 Å². The summed E-state index contributed by atoms with van der Waals surface area (Å²) >= 11 is 0. The molecule has 8 fully saturated rings. The van der Waals surface area contributed by atoms with Crippen LogP contribution in [0.2, 0.25) is 0 Å². The highest BCUT2D eigenvalue weighted by Crippen LogP contribution is 2.70. The van der Waals surface area contributed by atoms with Gasteiger partial charge in [-0.05, 0) is 147 Å². The lowest BCUT2D eigenvalue weighted by Gasteiger charge is -2.59. The predicted molar refractivity (Wildman–Crippen MR) is 340 cm³/mol. The van der Waals surface area contributed by atoms with Gasteiger partial charge in [0.1, 0.15) is 37.3 Å². The van der Waals surface area contributed by atoms with Crippen LogP contribution in [0.5, 0.6) is 5.75 Å². The average Bonchev–Trinajstić information content (AvgIpc) is 1.53. The number of hydrogen-bond acceptors (Lipinski definition) is 17. The number of amides is 4. The third kappa shape index (κ3) is 12.2. The van der Waals surface area contributed by atoms with Crippen LogP contribution in [0.3, 0.4) is 0 Å². The van der Waals surface area contributed by atoms with Crippen molar-refractivity contribution >= 4 is 52.7 Å². The first-order valence-electron chi connectivity index (χ1n) is 33.0. The standard InChI is InChI=1S/C73H80N4O18/c1-69-25-23-48(79)34-47(69)18-19-49-50-35-56-73(55(81)39-78,70(50,2)37-53(80)60(49)69)95-66(93-56)45-14-11-41(12-15-45)36-71-26-29-72(30-27-71,31-28-71)76-68(90)91-40-42-13-20-54(92-67-63(87)61(85)62(86)64(94-67)65(88)89)51(33-42)75-58(83)24-32-74-57(82)21-22-59(84)77-38-46-9-4-3-7-43(46)16-17-44-8-5-6-10-52(44)77/h3-15,20,23,25,33-34,49-50,53,56,60-64,66-67,78,80,85-87H,18-19,21-22,24,26-32,35-40H2,1-2H3,(H,74,82)(H,75,83)(H,76,90)(H,88,89)/t49-,50-,53-,56+,60+,61-,62-,63+,64-,66+,67+,69-,70-,71?,72?,73+/m0/s1. The monoisotopic (exact) mass is 1300 g/mol. The number of ketones is 2. The first kappa shape index (κ1) is 65.5. The molecule has 14 atom stereocenters. The minimum Gasteiger partial charge on any atom is -0.479 e. The zero-order valence-electron chi connectivity index (χ0n) is 53.0. The highest BCUT2D eigenvalue weighted by molar-refractivity contribution is 6.01. The lowest BCUT2D eigenvalue weighted by atomic mass is 9.46. The second-order valence-electron chi connectivity index (χ2n) is 28.0. The van der Waals surface area contributed by atoms with E-state index >= 15 is 0 Å². The summed E-state index contributed by atoms with van der Waals surface area (Å²) in [4.78, 5) is 94.2. The van der Waals surface area contributed by atoms with Gasteiger partial charge in [-0.3, -0.25) is 24.0 Å². The van der Waals surface area contributed by atoms with E-state index in [1.807, 2.05) is 73.7 Å². The number of aliphatic hydroxyl groups excluding tert-OH is 5. The zero-order chi connectivity index (χ0) is 66.8. The van der Waals surface area contributed by atoms with Crippen LogP contribution in [0.15, 0.2) is 115 Å². The summed E-state index contributed by atoms with van der Waals surface area (Å²) in [7, 11) is 0. The largest absolute Gasteiger partial charge is 0.479 e. The van der Waals surface area contributed by atoms with Gasteiger partial charge in [-0.25, -0.2) is 9.59 Å². The molecule has 4 amide bonds. The number of carbonyl (C=O) groups is 7. The number of ether oxygens (including phenoxy) is 5. The Labute approximate surface area is 549 Å². The van der Waals surface area contributed by atoms with Crippen LogP contribution >= 0.6 is 0 Å². The van der Waals surface area contributed by atoms with Crippen LogP contribution in [-0.4, -0.2) is 139 Å².